The van der Waals surface area contributed by atoms with E-state index >= 15 is 0 Å². The average molecular weight is 348 g/mol. The van der Waals surface area contributed by atoms with Crippen molar-refractivity contribution in [2.45, 2.75) is 0 Å². The van der Waals surface area contributed by atoms with Crippen molar-refractivity contribution < 1.29 is 4.74 Å². The predicted octanol–water partition coefficient (Wildman–Crippen LogP) is 3.50. The quantitative estimate of drug-likeness (QED) is 0.784. The number of hydrogen-bond donors (Lipinski definition) is 1. The summed E-state index contributed by atoms with van der Waals surface area (Å²) in [5.74, 6) is 0.868. The lowest BCUT2D eigenvalue weighted by Gasteiger charge is -2.34. The number of rotatable bonds is 4. The first-order chi connectivity index (χ1) is 12.7. The highest BCUT2D eigenvalue weighted by molar-refractivity contribution is 5.84. The zero-order valence-corrected chi connectivity index (χ0v) is 15.3. The Morgan fingerprint density at radius 3 is 2.35 bits per heavy atom. The minimum absolute atomic E-state index is 0.868. The van der Waals surface area contributed by atoms with Gasteiger partial charge in [-0.05, 0) is 48.5 Å². The van der Waals surface area contributed by atoms with Gasteiger partial charge in [-0.1, -0.05) is 18.2 Å². The number of nitrogens with zero attached hydrogens (tertiary/aromatic N) is 3. The molecule has 1 aliphatic heterocycles. The van der Waals surface area contributed by atoms with Crippen molar-refractivity contribution in [1.82, 2.24) is 15.1 Å². The van der Waals surface area contributed by atoms with Gasteiger partial charge in [-0.2, -0.15) is 5.10 Å². The highest BCUT2D eigenvalue weighted by Gasteiger charge is 2.17. The van der Waals surface area contributed by atoms with Crippen LogP contribution >= 0.6 is 0 Å². The summed E-state index contributed by atoms with van der Waals surface area (Å²) in [7, 11) is 3.88. The maximum Gasteiger partial charge on any atom is 0.118 e. The molecule has 1 fully saturated rings. The summed E-state index contributed by atoms with van der Waals surface area (Å²) < 4.78 is 5.31. The third kappa shape index (κ3) is 3.30. The molecule has 0 aliphatic carbocycles. The predicted molar refractivity (Wildman–Crippen MR) is 106 cm³/mol. The van der Waals surface area contributed by atoms with Gasteiger partial charge in [0.2, 0.25) is 0 Å². The van der Waals surface area contributed by atoms with E-state index in [-0.39, 0.29) is 0 Å². The third-order valence-corrected chi connectivity index (χ3v) is 5.06. The van der Waals surface area contributed by atoms with Crippen molar-refractivity contribution in [3.8, 4) is 28.1 Å². The fraction of sp³-hybridized carbons (Fsp3) is 0.286. The Morgan fingerprint density at radius 2 is 1.69 bits per heavy atom. The smallest absolute Gasteiger partial charge is 0.118 e. The van der Waals surface area contributed by atoms with Crippen LogP contribution in [0.5, 0.6) is 5.75 Å². The van der Waals surface area contributed by atoms with Gasteiger partial charge < -0.3 is 14.5 Å². The first-order valence-corrected chi connectivity index (χ1v) is 8.96. The van der Waals surface area contributed by atoms with Gasteiger partial charge >= 0.3 is 0 Å². The third-order valence-electron chi connectivity index (χ3n) is 5.06. The Bertz CT molecular complexity index is 850. The summed E-state index contributed by atoms with van der Waals surface area (Å²) >= 11 is 0. The Morgan fingerprint density at radius 1 is 0.923 bits per heavy atom. The molecule has 2 aromatic carbocycles. The molecule has 0 atom stereocenters. The van der Waals surface area contributed by atoms with Crippen LogP contribution in [0.2, 0.25) is 0 Å². The van der Waals surface area contributed by atoms with E-state index < -0.39 is 0 Å². The molecule has 0 amide bonds. The van der Waals surface area contributed by atoms with E-state index in [0.29, 0.717) is 0 Å². The summed E-state index contributed by atoms with van der Waals surface area (Å²) in [4.78, 5) is 4.84. The van der Waals surface area contributed by atoms with Crippen molar-refractivity contribution in [3.63, 3.8) is 0 Å². The van der Waals surface area contributed by atoms with Gasteiger partial charge in [0.15, 0.2) is 0 Å². The van der Waals surface area contributed by atoms with E-state index in [1.54, 1.807) is 13.3 Å². The zero-order chi connectivity index (χ0) is 17.9. The maximum absolute atomic E-state index is 5.31. The summed E-state index contributed by atoms with van der Waals surface area (Å²) in [6.45, 7) is 4.31. The number of methoxy groups -OCH3 is 1. The van der Waals surface area contributed by atoms with Gasteiger partial charge in [0.1, 0.15) is 5.75 Å². The molecule has 4 rings (SSSR count). The molecule has 5 nitrogen and oxygen atoms in total. The molecule has 5 heteroatoms. The number of likely N-dealkylation sites (N-methyl/N-ethyl adjacent to an activating group) is 1. The van der Waals surface area contributed by atoms with Crippen LogP contribution < -0.4 is 9.64 Å². The fourth-order valence-corrected chi connectivity index (χ4v) is 3.44. The minimum Gasteiger partial charge on any atom is -0.497 e. The number of aromatic amines is 1. The fourth-order valence-electron chi connectivity index (χ4n) is 3.44. The van der Waals surface area contributed by atoms with Crippen LogP contribution in [0.25, 0.3) is 22.4 Å². The molecule has 1 aromatic heterocycles. The Kier molecular flexibility index (Phi) is 4.63. The van der Waals surface area contributed by atoms with Crippen LogP contribution in [-0.4, -0.2) is 55.4 Å². The van der Waals surface area contributed by atoms with Crippen molar-refractivity contribution in [2.24, 2.45) is 0 Å². The molecule has 2 heterocycles. The lowest BCUT2D eigenvalue weighted by molar-refractivity contribution is 0.313. The van der Waals surface area contributed by atoms with Gasteiger partial charge in [0.05, 0.1) is 12.8 Å². The van der Waals surface area contributed by atoms with Crippen molar-refractivity contribution in [3.05, 3.63) is 54.7 Å². The monoisotopic (exact) mass is 348 g/mol. The number of hydrogen-bond acceptors (Lipinski definition) is 4. The molecule has 3 aromatic rings. The molecule has 0 unspecified atom stereocenters. The summed E-state index contributed by atoms with van der Waals surface area (Å²) in [5.41, 5.74) is 5.83. The molecular weight excluding hydrogens is 324 g/mol. The topological polar surface area (TPSA) is 44.4 Å². The molecule has 1 saturated heterocycles. The standard InChI is InChI=1S/C21H24N4O/c1-24-11-13-25(14-12-24)17-5-8-19(21-9-10-22-23-21)20(15-17)16-3-6-18(26-2)7-4-16/h3-10,15H,11-14H2,1-2H3,(H,22,23). The second kappa shape index (κ2) is 7.22. The molecule has 26 heavy (non-hydrogen) atoms. The largest absolute Gasteiger partial charge is 0.497 e. The molecule has 1 aliphatic rings. The first kappa shape index (κ1) is 16.7. The summed E-state index contributed by atoms with van der Waals surface area (Å²) in [5, 5.41) is 7.22. The number of nitrogens with one attached hydrogen (secondary N) is 1. The van der Waals surface area contributed by atoms with Crippen LogP contribution in [0.15, 0.2) is 54.7 Å². The normalized spacial score (nSPS) is 15.2. The van der Waals surface area contributed by atoms with Gasteiger partial charge in [0, 0.05) is 43.6 Å². The molecule has 134 valence electrons. The maximum atomic E-state index is 5.31. The SMILES string of the molecule is COc1ccc(-c2cc(N3CCN(C)CC3)ccc2-c2ccn[nH]2)cc1. The number of ether oxygens (including phenoxy) is 1. The number of anilines is 1. The van der Waals surface area contributed by atoms with Crippen LogP contribution in [0.3, 0.4) is 0 Å². The zero-order valence-electron chi connectivity index (χ0n) is 15.3. The van der Waals surface area contributed by atoms with E-state index in [2.05, 4.69) is 57.4 Å². The second-order valence-corrected chi connectivity index (χ2v) is 6.72. The highest BCUT2D eigenvalue weighted by atomic mass is 16.5. The lowest BCUT2D eigenvalue weighted by atomic mass is 9.96. The van der Waals surface area contributed by atoms with Gasteiger partial charge in [-0.15, -0.1) is 0 Å². The number of aromatic nitrogens is 2. The van der Waals surface area contributed by atoms with Crippen molar-refractivity contribution in [1.29, 1.82) is 0 Å². The number of benzene rings is 2. The van der Waals surface area contributed by atoms with Crippen LogP contribution in [0.4, 0.5) is 5.69 Å². The van der Waals surface area contributed by atoms with Gasteiger partial charge in [-0.3, -0.25) is 5.10 Å². The van der Waals surface area contributed by atoms with Crippen LogP contribution in [-0.2, 0) is 0 Å². The molecular formula is C21H24N4O. The second-order valence-electron chi connectivity index (χ2n) is 6.72. The van der Waals surface area contributed by atoms with E-state index in [0.717, 1.165) is 43.2 Å². The average Bonchev–Trinajstić information content (AvgIpc) is 3.23. The van der Waals surface area contributed by atoms with Gasteiger partial charge in [-0.25, -0.2) is 0 Å². The van der Waals surface area contributed by atoms with Crippen molar-refractivity contribution >= 4 is 5.69 Å². The van der Waals surface area contributed by atoms with Gasteiger partial charge in [0.25, 0.3) is 0 Å². The Hall–Kier alpha value is -2.79. The summed E-state index contributed by atoms with van der Waals surface area (Å²) in [6, 6.07) is 17.0. The van der Waals surface area contributed by atoms with Crippen LogP contribution in [0, 0.1) is 0 Å². The van der Waals surface area contributed by atoms with E-state index in [4.69, 9.17) is 4.74 Å². The van der Waals surface area contributed by atoms with Crippen molar-refractivity contribution in [2.75, 3.05) is 45.2 Å². The molecule has 0 spiro atoms. The molecule has 0 radical (unpaired) electrons. The van der Waals surface area contributed by atoms with E-state index in [9.17, 15) is 0 Å². The number of H-pyrrole nitrogens is 1. The number of piperazine rings is 1. The highest BCUT2D eigenvalue weighted by Crippen LogP contribution is 2.35. The van der Waals surface area contributed by atoms with E-state index in [1.807, 2.05) is 18.2 Å². The minimum atomic E-state index is 0.868. The summed E-state index contributed by atoms with van der Waals surface area (Å²) in [6.07, 6.45) is 1.79. The molecule has 0 saturated carbocycles. The van der Waals surface area contributed by atoms with E-state index in [1.165, 1.54) is 16.8 Å². The first-order valence-electron chi connectivity index (χ1n) is 8.96. The Labute approximate surface area is 154 Å². The molecule has 0 bridgehead atoms. The lowest BCUT2D eigenvalue weighted by Crippen LogP contribution is -2.44. The van der Waals surface area contributed by atoms with Crippen LogP contribution in [0.1, 0.15) is 0 Å². The Balaban J connectivity index is 1.75. The molecule has 1 N–H and O–H groups in total.